The molecule has 0 fully saturated rings. The Morgan fingerprint density at radius 1 is 1.16 bits per heavy atom. The molecule has 1 amide bonds. The lowest BCUT2D eigenvalue weighted by Gasteiger charge is -2.13. The van der Waals surface area contributed by atoms with Crippen molar-refractivity contribution in [2.75, 3.05) is 5.73 Å². The Balaban J connectivity index is 0.000000157. The Morgan fingerprint density at radius 2 is 2.04 bits per heavy atom. The summed E-state index contributed by atoms with van der Waals surface area (Å²) in [6, 6.07) is 3.48. The lowest BCUT2D eigenvalue weighted by atomic mass is 9.94. The van der Waals surface area contributed by atoms with Crippen LogP contribution in [0.5, 0.6) is 0 Å². The van der Waals surface area contributed by atoms with Gasteiger partial charge >= 0.3 is 0 Å². The second-order valence-electron chi connectivity index (χ2n) is 5.60. The zero-order valence-electron chi connectivity index (χ0n) is 13.6. The minimum absolute atomic E-state index is 0.399. The number of aromatic amines is 1. The summed E-state index contributed by atoms with van der Waals surface area (Å²) in [4.78, 5) is 29.8. The van der Waals surface area contributed by atoms with E-state index in [0.717, 1.165) is 24.1 Å². The molecule has 3 aromatic heterocycles. The topological polar surface area (TPSA) is 136 Å². The maximum Gasteiger partial charge on any atom is 0.250 e. The van der Waals surface area contributed by atoms with Gasteiger partial charge in [-0.15, -0.1) is 0 Å². The Bertz CT molecular complexity index is 916. The fourth-order valence-corrected chi connectivity index (χ4v) is 2.70. The highest BCUT2D eigenvalue weighted by Crippen LogP contribution is 2.27. The first-order valence-corrected chi connectivity index (χ1v) is 8.00. The molecule has 3 heterocycles. The summed E-state index contributed by atoms with van der Waals surface area (Å²) >= 11 is 0. The summed E-state index contributed by atoms with van der Waals surface area (Å²) in [5.41, 5.74) is 14.6. The zero-order valence-corrected chi connectivity index (χ0v) is 13.6. The van der Waals surface area contributed by atoms with Crippen molar-refractivity contribution < 1.29 is 4.79 Å². The number of carbonyl (C=O) groups excluding carboxylic acids is 1. The molecule has 0 aromatic carbocycles. The number of nitrogens with zero attached hydrogens (tertiary/aromatic N) is 4. The molecule has 0 spiro atoms. The summed E-state index contributed by atoms with van der Waals surface area (Å²) < 4.78 is 0. The summed E-state index contributed by atoms with van der Waals surface area (Å²) in [6.45, 7) is 0. The number of rotatable bonds is 2. The van der Waals surface area contributed by atoms with Crippen LogP contribution in [0, 0.1) is 0 Å². The van der Waals surface area contributed by atoms with Crippen LogP contribution in [0.4, 0.5) is 5.82 Å². The predicted molar refractivity (Wildman–Crippen MR) is 95.3 cm³/mol. The van der Waals surface area contributed by atoms with Crippen LogP contribution in [-0.4, -0.2) is 30.8 Å². The quantitative estimate of drug-likeness (QED) is 0.654. The smallest absolute Gasteiger partial charge is 0.250 e. The highest BCUT2D eigenvalue weighted by Gasteiger charge is 2.14. The molecule has 128 valence electrons. The zero-order chi connectivity index (χ0) is 17.6. The fourth-order valence-electron chi connectivity index (χ4n) is 2.70. The molecule has 8 nitrogen and oxygen atoms in total. The molecule has 5 N–H and O–H groups in total. The van der Waals surface area contributed by atoms with Gasteiger partial charge in [0.05, 0.1) is 17.6 Å². The van der Waals surface area contributed by atoms with Gasteiger partial charge in [0.2, 0.25) is 0 Å². The van der Waals surface area contributed by atoms with Gasteiger partial charge in [0.1, 0.15) is 11.8 Å². The first-order chi connectivity index (χ1) is 12.2. The molecule has 4 rings (SSSR count). The highest BCUT2D eigenvalue weighted by atomic mass is 16.1. The number of hydrogen-bond acceptors (Lipinski definition) is 6. The van der Waals surface area contributed by atoms with Crippen molar-refractivity contribution in [2.45, 2.75) is 25.7 Å². The Hall–Kier alpha value is -3.29. The molecule has 0 atom stereocenters. The number of carbonyl (C=O) groups is 1. The van der Waals surface area contributed by atoms with Crippen LogP contribution in [-0.2, 0) is 0 Å². The summed E-state index contributed by atoms with van der Waals surface area (Å²) in [7, 11) is 0. The Labute approximate surface area is 144 Å². The number of nitrogen functional groups attached to an aromatic ring is 1. The molecule has 0 radical (unpaired) electrons. The first-order valence-electron chi connectivity index (χ1n) is 8.00. The van der Waals surface area contributed by atoms with E-state index in [-0.39, 0.29) is 0 Å². The van der Waals surface area contributed by atoms with Crippen LogP contribution in [0.2, 0.25) is 0 Å². The van der Waals surface area contributed by atoms with E-state index in [9.17, 15) is 4.79 Å². The lowest BCUT2D eigenvalue weighted by Crippen LogP contribution is -2.14. The van der Waals surface area contributed by atoms with Gasteiger partial charge in [-0.2, -0.15) is 0 Å². The van der Waals surface area contributed by atoms with Crippen molar-refractivity contribution >= 4 is 28.5 Å². The van der Waals surface area contributed by atoms with Gasteiger partial charge in [-0.3, -0.25) is 9.78 Å². The van der Waals surface area contributed by atoms with Gasteiger partial charge in [0.25, 0.3) is 5.91 Å². The number of anilines is 1. The van der Waals surface area contributed by atoms with E-state index < -0.39 is 5.91 Å². The van der Waals surface area contributed by atoms with Crippen LogP contribution in [0.3, 0.4) is 0 Å². The van der Waals surface area contributed by atoms with Gasteiger partial charge in [-0.1, -0.05) is 6.08 Å². The number of nitrogens with two attached hydrogens (primary N) is 2. The summed E-state index contributed by atoms with van der Waals surface area (Å²) in [6.07, 6.45) is 11.3. The van der Waals surface area contributed by atoms with Crippen molar-refractivity contribution in [2.24, 2.45) is 5.73 Å². The Morgan fingerprint density at radius 3 is 2.76 bits per heavy atom. The van der Waals surface area contributed by atoms with Gasteiger partial charge in [-0.05, 0) is 43.4 Å². The number of hydrogen-bond donors (Lipinski definition) is 3. The van der Waals surface area contributed by atoms with E-state index in [1.807, 2.05) is 0 Å². The number of fused-ring (bicyclic) bond motifs is 1. The van der Waals surface area contributed by atoms with Crippen molar-refractivity contribution in [1.82, 2.24) is 24.9 Å². The van der Waals surface area contributed by atoms with Crippen LogP contribution in [0.15, 0.2) is 37.1 Å². The third kappa shape index (κ3) is 3.79. The lowest BCUT2D eigenvalue weighted by molar-refractivity contribution is 0.0999. The minimum Gasteiger partial charge on any atom is -0.382 e. The average molecular weight is 337 g/mol. The van der Waals surface area contributed by atoms with Crippen molar-refractivity contribution in [3.05, 3.63) is 48.3 Å². The Kier molecular flexibility index (Phi) is 4.98. The largest absolute Gasteiger partial charge is 0.382 e. The fraction of sp³-hybridized carbons (Fsp3) is 0.235. The van der Waals surface area contributed by atoms with Crippen LogP contribution in [0.1, 0.15) is 41.7 Å². The molecule has 1 aliphatic carbocycles. The number of primary amides is 1. The van der Waals surface area contributed by atoms with E-state index >= 15 is 0 Å². The molecule has 0 aliphatic heterocycles. The van der Waals surface area contributed by atoms with E-state index in [1.54, 1.807) is 18.3 Å². The van der Waals surface area contributed by atoms with Gasteiger partial charge in [-0.25, -0.2) is 15.0 Å². The predicted octanol–water partition coefficient (Wildman–Crippen LogP) is 2.07. The molecule has 0 bridgehead atoms. The second-order valence-corrected chi connectivity index (χ2v) is 5.60. The van der Waals surface area contributed by atoms with Gasteiger partial charge in [0, 0.05) is 6.20 Å². The molecule has 0 unspecified atom stereocenters. The van der Waals surface area contributed by atoms with Crippen molar-refractivity contribution in [1.29, 1.82) is 0 Å². The van der Waals surface area contributed by atoms with Gasteiger partial charge < -0.3 is 16.5 Å². The van der Waals surface area contributed by atoms with Gasteiger partial charge in [0.15, 0.2) is 11.5 Å². The number of aromatic nitrogens is 5. The van der Waals surface area contributed by atoms with E-state index in [1.165, 1.54) is 25.5 Å². The second kappa shape index (κ2) is 7.52. The molecule has 0 saturated carbocycles. The molecule has 0 saturated heterocycles. The van der Waals surface area contributed by atoms with Crippen LogP contribution < -0.4 is 11.5 Å². The molecule has 1 aliphatic rings. The highest BCUT2D eigenvalue weighted by molar-refractivity contribution is 5.97. The first kappa shape index (κ1) is 16.6. The third-order valence-electron chi connectivity index (χ3n) is 3.92. The van der Waals surface area contributed by atoms with Crippen molar-refractivity contribution in [3.63, 3.8) is 0 Å². The number of H-pyrrole nitrogens is 1. The van der Waals surface area contributed by atoms with E-state index in [2.05, 4.69) is 31.0 Å². The summed E-state index contributed by atoms with van der Waals surface area (Å²) in [5.74, 6) is 0.0343. The number of allylic oxidation sites excluding steroid dienone is 2. The number of nitrogens with one attached hydrogen (secondary N) is 1. The maximum atomic E-state index is 11.2. The number of imidazole rings is 1. The minimum atomic E-state index is -0.399. The average Bonchev–Trinajstić information content (AvgIpc) is 3.13. The summed E-state index contributed by atoms with van der Waals surface area (Å²) in [5, 5.41) is 0. The molecule has 25 heavy (non-hydrogen) atoms. The third-order valence-corrected chi connectivity index (χ3v) is 3.92. The molecule has 8 heteroatoms. The number of amides is 1. The molecular weight excluding hydrogens is 318 g/mol. The van der Waals surface area contributed by atoms with E-state index in [4.69, 9.17) is 11.5 Å². The van der Waals surface area contributed by atoms with E-state index in [0.29, 0.717) is 22.5 Å². The van der Waals surface area contributed by atoms with Crippen LogP contribution in [0.25, 0.3) is 16.7 Å². The van der Waals surface area contributed by atoms with Crippen molar-refractivity contribution in [3.8, 4) is 0 Å². The van der Waals surface area contributed by atoms with Crippen LogP contribution >= 0.6 is 0 Å². The SMILES string of the molecule is NC(=O)c1cccnc1C1=CCCCC1.Nc1ncnc2nc[nH]c12. The maximum absolute atomic E-state index is 11.2. The monoisotopic (exact) mass is 337 g/mol. The standard InChI is InChI=1S/C12H14N2O.C5H5N5/c13-12(15)10-7-4-8-14-11(10)9-5-2-1-3-6-9;6-4-3-5(9-1-7-3)10-2-8-4/h4-5,7-8H,1-3,6H2,(H2,13,15);1-2H,(H3,6,7,8,9,10). The molecular formula is C17H19N7O. The molecule has 3 aromatic rings. The number of pyridine rings is 1. The normalized spacial score (nSPS) is 13.7.